The molecule has 3 aromatic carbocycles. The number of rotatable bonds is 11. The van der Waals surface area contributed by atoms with Crippen LogP contribution in [-0.2, 0) is 30.8 Å². The predicted molar refractivity (Wildman–Crippen MR) is 169 cm³/mol. The number of ether oxygens (including phenoxy) is 2. The summed E-state index contributed by atoms with van der Waals surface area (Å²) in [6.45, 7) is 1.01. The molecule has 4 rings (SSSR count). The van der Waals surface area contributed by atoms with Gasteiger partial charge in [0, 0.05) is 17.6 Å². The summed E-state index contributed by atoms with van der Waals surface area (Å²) in [5.41, 5.74) is -5.35. The third-order valence-electron chi connectivity index (χ3n) is 7.80. The van der Waals surface area contributed by atoms with Crippen LogP contribution in [0.2, 0.25) is 10.0 Å². The van der Waals surface area contributed by atoms with Crippen molar-refractivity contribution in [2.45, 2.75) is 51.1 Å². The maximum Gasteiger partial charge on any atom is 0.435 e. The molecule has 50 heavy (non-hydrogen) atoms. The minimum atomic E-state index is -4.97. The van der Waals surface area contributed by atoms with E-state index in [1.807, 2.05) is 0 Å². The van der Waals surface area contributed by atoms with Gasteiger partial charge in [0.25, 0.3) is 0 Å². The molecule has 9 nitrogen and oxygen atoms in total. The van der Waals surface area contributed by atoms with Crippen LogP contribution in [0.4, 0.5) is 26.3 Å². The van der Waals surface area contributed by atoms with Crippen molar-refractivity contribution in [1.29, 1.82) is 0 Å². The smallest absolute Gasteiger partial charge is 0.435 e. The molecule has 0 amide bonds. The van der Waals surface area contributed by atoms with Crippen LogP contribution in [0.1, 0.15) is 30.7 Å². The molecule has 4 N–H and O–H groups in total. The summed E-state index contributed by atoms with van der Waals surface area (Å²) in [5.74, 6) is -2.13. The van der Waals surface area contributed by atoms with E-state index in [2.05, 4.69) is 5.10 Å². The molecule has 0 aliphatic rings. The van der Waals surface area contributed by atoms with E-state index in [9.17, 15) is 51.6 Å². The topological polar surface area (TPSA) is 134 Å². The van der Waals surface area contributed by atoms with Crippen molar-refractivity contribution in [2.24, 2.45) is 12.5 Å². The van der Waals surface area contributed by atoms with Crippen molar-refractivity contribution < 1.29 is 61.0 Å². The maximum atomic E-state index is 14.1. The average Bonchev–Trinajstić information content (AvgIpc) is 3.45. The Morgan fingerprint density at radius 1 is 0.920 bits per heavy atom. The second kappa shape index (κ2) is 14.8. The number of benzene rings is 3. The highest BCUT2D eigenvalue weighted by Gasteiger charge is 2.45. The Kier molecular flexibility index (Phi) is 11.5. The molecule has 0 spiro atoms. The van der Waals surface area contributed by atoms with Gasteiger partial charge in [-0.25, -0.2) is 0 Å². The second-order valence-electron chi connectivity index (χ2n) is 11.8. The van der Waals surface area contributed by atoms with Gasteiger partial charge in [0.15, 0.2) is 11.4 Å². The normalized spacial score (nSPS) is 14.3. The van der Waals surface area contributed by atoms with Crippen molar-refractivity contribution in [1.82, 2.24) is 9.78 Å². The number of carbonyl (C=O) groups excluding carboxylic acids is 1. The van der Waals surface area contributed by atoms with Gasteiger partial charge in [0.1, 0.15) is 24.6 Å². The number of aliphatic hydroxyl groups excluding tert-OH is 4. The summed E-state index contributed by atoms with van der Waals surface area (Å²) >= 11 is 11.8. The molecule has 0 saturated carbocycles. The molecule has 0 saturated heterocycles. The number of carbonyl (C=O) groups is 1. The molecule has 0 fully saturated rings. The lowest BCUT2D eigenvalue weighted by atomic mass is 9.82. The standard InChI is InChI=1S/C33H30Cl2F6N2O7/c1-31(2,29(47)27(46)23(45)14-44)30(48)50-28-19(22-13-25(33(39,40)41)42-43(22)3)9-11-24(49-15-16-4-7-18(34)8-5-16)26(28)17-6-10-21(35)20(12-17)32(36,37)38/h4-13,23,27,29,44-47H,14-15H2,1-3H3. The monoisotopic (exact) mass is 750 g/mol. The van der Waals surface area contributed by atoms with E-state index in [4.69, 9.17) is 32.7 Å². The fraction of sp³-hybridized carbons (Fsp3) is 0.333. The zero-order valence-corrected chi connectivity index (χ0v) is 27.9. The number of hydrogen-bond donors (Lipinski definition) is 4. The van der Waals surface area contributed by atoms with Crippen molar-refractivity contribution in [3.63, 3.8) is 0 Å². The molecule has 4 aromatic rings. The minimum Gasteiger partial charge on any atom is -0.488 e. The van der Waals surface area contributed by atoms with Gasteiger partial charge >= 0.3 is 18.3 Å². The SMILES string of the molecule is Cn1nc(C(F)(F)F)cc1-c1ccc(OCc2ccc(Cl)cc2)c(-c2ccc(Cl)c(C(F)(F)F)c2)c1OC(=O)C(C)(C)C(O)C(O)C(O)CO. The van der Waals surface area contributed by atoms with Gasteiger partial charge in [0.05, 0.1) is 40.0 Å². The Morgan fingerprint density at radius 2 is 1.56 bits per heavy atom. The lowest BCUT2D eigenvalue weighted by molar-refractivity contribution is -0.163. The van der Waals surface area contributed by atoms with Gasteiger partial charge < -0.3 is 29.9 Å². The minimum absolute atomic E-state index is 0.186. The second-order valence-corrected chi connectivity index (χ2v) is 12.6. The molecule has 3 atom stereocenters. The number of halogens is 8. The highest BCUT2D eigenvalue weighted by Crippen LogP contribution is 2.48. The zero-order valence-electron chi connectivity index (χ0n) is 26.4. The highest BCUT2D eigenvalue weighted by molar-refractivity contribution is 6.31. The number of esters is 1. The van der Waals surface area contributed by atoms with Crippen LogP contribution >= 0.6 is 23.2 Å². The van der Waals surface area contributed by atoms with Crippen LogP contribution in [0.25, 0.3) is 22.4 Å². The van der Waals surface area contributed by atoms with E-state index in [1.54, 1.807) is 24.3 Å². The Hall–Kier alpha value is -3.86. The van der Waals surface area contributed by atoms with E-state index in [0.29, 0.717) is 22.7 Å². The Balaban J connectivity index is 2.02. The van der Waals surface area contributed by atoms with E-state index in [0.717, 1.165) is 37.7 Å². The van der Waals surface area contributed by atoms with Gasteiger partial charge in [-0.3, -0.25) is 9.48 Å². The molecule has 0 aliphatic heterocycles. The molecular weight excluding hydrogens is 721 g/mol. The average molecular weight is 752 g/mol. The van der Waals surface area contributed by atoms with Crippen LogP contribution in [0.3, 0.4) is 0 Å². The van der Waals surface area contributed by atoms with E-state index in [-0.39, 0.29) is 34.7 Å². The van der Waals surface area contributed by atoms with Crippen molar-refractivity contribution >= 4 is 29.2 Å². The predicted octanol–water partition coefficient (Wildman–Crippen LogP) is 6.68. The number of aliphatic hydroxyl groups is 4. The number of hydrogen-bond acceptors (Lipinski definition) is 8. The lowest BCUT2D eigenvalue weighted by Gasteiger charge is -2.33. The largest absolute Gasteiger partial charge is 0.488 e. The van der Waals surface area contributed by atoms with Crippen molar-refractivity contribution in [3.8, 4) is 33.9 Å². The molecule has 1 aromatic heterocycles. The third kappa shape index (κ3) is 8.36. The first-order chi connectivity index (χ1) is 23.2. The van der Waals surface area contributed by atoms with Crippen LogP contribution < -0.4 is 9.47 Å². The van der Waals surface area contributed by atoms with Gasteiger partial charge in [-0.1, -0.05) is 41.4 Å². The van der Waals surface area contributed by atoms with Crippen LogP contribution in [0.15, 0.2) is 60.7 Å². The Labute approximate surface area is 291 Å². The fourth-order valence-electron chi connectivity index (χ4n) is 4.85. The highest BCUT2D eigenvalue weighted by atomic mass is 35.5. The van der Waals surface area contributed by atoms with Crippen molar-refractivity contribution in [2.75, 3.05) is 6.61 Å². The number of aromatic nitrogens is 2. The molecule has 3 unspecified atom stereocenters. The summed E-state index contributed by atoms with van der Waals surface area (Å²) in [5, 5.41) is 43.5. The third-order valence-corrected chi connectivity index (χ3v) is 8.38. The van der Waals surface area contributed by atoms with Gasteiger partial charge in [-0.15, -0.1) is 0 Å². The fourth-order valence-corrected chi connectivity index (χ4v) is 5.20. The maximum absolute atomic E-state index is 14.1. The Morgan fingerprint density at radius 3 is 2.12 bits per heavy atom. The van der Waals surface area contributed by atoms with Gasteiger partial charge in [0.2, 0.25) is 0 Å². The molecule has 0 radical (unpaired) electrons. The summed E-state index contributed by atoms with van der Waals surface area (Å²) in [7, 11) is 1.16. The molecule has 1 heterocycles. The number of nitrogens with zero attached hydrogens (tertiary/aromatic N) is 2. The van der Waals surface area contributed by atoms with Crippen LogP contribution in [0.5, 0.6) is 11.5 Å². The van der Waals surface area contributed by atoms with Gasteiger partial charge in [-0.05, 0) is 67.4 Å². The van der Waals surface area contributed by atoms with E-state index in [1.165, 1.54) is 12.1 Å². The summed E-state index contributed by atoms with van der Waals surface area (Å²) in [6, 6.07) is 12.1. The van der Waals surface area contributed by atoms with Crippen LogP contribution in [-0.4, -0.2) is 61.1 Å². The number of alkyl halides is 6. The van der Waals surface area contributed by atoms with Crippen molar-refractivity contribution in [3.05, 3.63) is 87.5 Å². The first-order valence-electron chi connectivity index (χ1n) is 14.6. The molecule has 270 valence electrons. The van der Waals surface area contributed by atoms with E-state index < -0.39 is 70.7 Å². The zero-order chi connectivity index (χ0) is 37.3. The number of aryl methyl sites for hydroxylation is 1. The summed E-state index contributed by atoms with van der Waals surface area (Å²) in [4.78, 5) is 13.8. The first kappa shape index (κ1) is 38.9. The summed E-state index contributed by atoms with van der Waals surface area (Å²) < 4.78 is 95.9. The van der Waals surface area contributed by atoms with E-state index >= 15 is 0 Å². The van der Waals surface area contributed by atoms with Crippen LogP contribution in [0, 0.1) is 5.41 Å². The van der Waals surface area contributed by atoms with Gasteiger partial charge in [-0.2, -0.15) is 31.4 Å². The summed E-state index contributed by atoms with van der Waals surface area (Å²) in [6.07, 6.45) is -15.9. The lowest BCUT2D eigenvalue weighted by Crippen LogP contribution is -2.51. The first-order valence-corrected chi connectivity index (χ1v) is 15.3. The molecule has 0 aliphatic carbocycles. The quantitative estimate of drug-likeness (QED) is 0.0758. The molecule has 0 bridgehead atoms. The molecular formula is C33H30Cl2F6N2O7. The molecule has 17 heteroatoms. The Bertz CT molecular complexity index is 1850.